The molecule has 2 rings (SSSR count). The van der Waals surface area contributed by atoms with Crippen LogP contribution in [0.4, 0.5) is 5.69 Å². The average Bonchev–Trinajstić information content (AvgIpc) is 2.17. The summed E-state index contributed by atoms with van der Waals surface area (Å²) in [4.78, 5) is 10.4. The predicted octanol–water partition coefficient (Wildman–Crippen LogP) is 1.89. The molecule has 14 heavy (non-hydrogen) atoms. The number of nitrogens with zero attached hydrogens (tertiary/aromatic N) is 1. The molecule has 0 fully saturated rings. The maximum absolute atomic E-state index is 10.8. The van der Waals surface area contributed by atoms with Gasteiger partial charge in [-0.1, -0.05) is 17.7 Å². The standard InChI is InChI=1S/C9H9ClN2O2/c10-8-2-1-6-5-11-4-3-7(6)9(8)12(13)14/h1-2,11H,3-5H2. The fraction of sp³-hybridized carbons (Fsp3) is 0.333. The number of hydrogen-bond donors (Lipinski definition) is 1. The van der Waals surface area contributed by atoms with Crippen LogP contribution in [0.2, 0.25) is 5.02 Å². The third-order valence-corrected chi connectivity index (χ3v) is 2.69. The minimum absolute atomic E-state index is 0.0747. The molecule has 1 N–H and O–H groups in total. The van der Waals surface area contributed by atoms with Crippen LogP contribution in [0.5, 0.6) is 0 Å². The Morgan fingerprint density at radius 1 is 1.50 bits per heavy atom. The first-order chi connectivity index (χ1) is 6.70. The molecule has 0 aromatic heterocycles. The van der Waals surface area contributed by atoms with Crippen molar-refractivity contribution in [2.75, 3.05) is 6.54 Å². The summed E-state index contributed by atoms with van der Waals surface area (Å²) in [5.41, 5.74) is 1.83. The van der Waals surface area contributed by atoms with Crippen LogP contribution in [0.15, 0.2) is 12.1 Å². The molecule has 1 heterocycles. The predicted molar refractivity (Wildman–Crippen MR) is 53.5 cm³/mol. The molecule has 74 valence electrons. The van der Waals surface area contributed by atoms with Crippen LogP contribution < -0.4 is 5.32 Å². The van der Waals surface area contributed by atoms with E-state index in [1.807, 2.05) is 6.07 Å². The van der Waals surface area contributed by atoms with Gasteiger partial charge in [-0.2, -0.15) is 0 Å². The van der Waals surface area contributed by atoms with Gasteiger partial charge in [0.15, 0.2) is 0 Å². The summed E-state index contributed by atoms with van der Waals surface area (Å²) in [6.45, 7) is 1.46. The quantitative estimate of drug-likeness (QED) is 0.571. The summed E-state index contributed by atoms with van der Waals surface area (Å²) in [5, 5.41) is 14.2. The molecule has 0 saturated carbocycles. The van der Waals surface area contributed by atoms with Gasteiger partial charge in [-0.05, 0) is 24.6 Å². The molecular weight excluding hydrogens is 204 g/mol. The molecule has 0 atom stereocenters. The van der Waals surface area contributed by atoms with Gasteiger partial charge in [-0.15, -0.1) is 0 Å². The summed E-state index contributed by atoms with van der Waals surface area (Å²) >= 11 is 5.79. The van der Waals surface area contributed by atoms with Crippen LogP contribution in [0.25, 0.3) is 0 Å². The molecule has 1 aliphatic heterocycles. The van der Waals surface area contributed by atoms with Gasteiger partial charge in [0, 0.05) is 12.1 Å². The fourth-order valence-electron chi connectivity index (χ4n) is 1.73. The average molecular weight is 213 g/mol. The third-order valence-electron chi connectivity index (χ3n) is 2.38. The fourth-order valence-corrected chi connectivity index (χ4v) is 1.97. The summed E-state index contributed by atoms with van der Waals surface area (Å²) in [6, 6.07) is 3.43. The first kappa shape index (κ1) is 9.43. The lowest BCUT2D eigenvalue weighted by Crippen LogP contribution is -2.24. The van der Waals surface area contributed by atoms with E-state index < -0.39 is 4.92 Å². The Morgan fingerprint density at radius 2 is 2.29 bits per heavy atom. The van der Waals surface area contributed by atoms with E-state index in [1.165, 1.54) is 0 Å². The molecule has 1 aliphatic rings. The topological polar surface area (TPSA) is 55.2 Å². The number of nitro benzene ring substituents is 1. The second kappa shape index (κ2) is 3.55. The van der Waals surface area contributed by atoms with Crippen molar-refractivity contribution in [3.8, 4) is 0 Å². The number of hydrogen-bond acceptors (Lipinski definition) is 3. The lowest BCUT2D eigenvalue weighted by atomic mass is 9.99. The molecule has 0 radical (unpaired) electrons. The zero-order chi connectivity index (χ0) is 10.1. The van der Waals surface area contributed by atoms with Gasteiger partial charge in [0.1, 0.15) is 5.02 Å². The molecule has 1 aromatic rings. The molecule has 4 nitrogen and oxygen atoms in total. The van der Waals surface area contributed by atoms with Crippen LogP contribution >= 0.6 is 11.6 Å². The van der Waals surface area contributed by atoms with Crippen molar-refractivity contribution in [1.82, 2.24) is 5.32 Å². The zero-order valence-electron chi connectivity index (χ0n) is 7.42. The van der Waals surface area contributed by atoms with E-state index in [0.717, 1.165) is 17.7 Å². The van der Waals surface area contributed by atoms with Crippen molar-refractivity contribution in [3.05, 3.63) is 38.4 Å². The minimum Gasteiger partial charge on any atom is -0.312 e. The van der Waals surface area contributed by atoms with Gasteiger partial charge in [0.05, 0.1) is 4.92 Å². The first-order valence-electron chi connectivity index (χ1n) is 4.35. The van der Waals surface area contributed by atoms with Crippen molar-refractivity contribution in [2.24, 2.45) is 0 Å². The smallest absolute Gasteiger partial charge is 0.291 e. The van der Waals surface area contributed by atoms with Crippen LogP contribution in [-0.4, -0.2) is 11.5 Å². The molecule has 0 aliphatic carbocycles. The van der Waals surface area contributed by atoms with E-state index >= 15 is 0 Å². The lowest BCUT2D eigenvalue weighted by Gasteiger charge is -2.16. The zero-order valence-corrected chi connectivity index (χ0v) is 8.17. The Balaban J connectivity index is 2.60. The van der Waals surface area contributed by atoms with E-state index in [9.17, 15) is 10.1 Å². The first-order valence-corrected chi connectivity index (χ1v) is 4.73. The highest BCUT2D eigenvalue weighted by atomic mass is 35.5. The number of fused-ring (bicyclic) bond motifs is 1. The normalized spacial score (nSPS) is 14.9. The number of halogens is 1. The number of nitrogens with one attached hydrogen (secondary N) is 1. The van der Waals surface area contributed by atoms with E-state index in [1.54, 1.807) is 6.07 Å². The highest BCUT2D eigenvalue weighted by molar-refractivity contribution is 6.32. The Kier molecular flexibility index (Phi) is 2.39. The lowest BCUT2D eigenvalue weighted by molar-refractivity contribution is -0.385. The molecule has 1 aromatic carbocycles. The Labute approximate surface area is 86.0 Å². The van der Waals surface area contributed by atoms with Gasteiger partial charge in [-0.25, -0.2) is 0 Å². The second-order valence-corrected chi connectivity index (χ2v) is 3.62. The van der Waals surface area contributed by atoms with E-state index in [4.69, 9.17) is 11.6 Å². The molecule has 0 saturated heterocycles. The van der Waals surface area contributed by atoms with E-state index in [-0.39, 0.29) is 10.7 Å². The molecule has 5 heteroatoms. The van der Waals surface area contributed by atoms with E-state index in [0.29, 0.717) is 13.0 Å². The van der Waals surface area contributed by atoms with Crippen LogP contribution in [-0.2, 0) is 13.0 Å². The van der Waals surface area contributed by atoms with Gasteiger partial charge in [0.2, 0.25) is 0 Å². The van der Waals surface area contributed by atoms with Gasteiger partial charge in [0.25, 0.3) is 5.69 Å². The Hall–Kier alpha value is -1.13. The summed E-state index contributed by atoms with van der Waals surface area (Å²) in [7, 11) is 0. The second-order valence-electron chi connectivity index (χ2n) is 3.22. The molecule has 0 unspecified atom stereocenters. The Bertz CT molecular complexity index is 393. The van der Waals surface area contributed by atoms with Crippen molar-refractivity contribution in [1.29, 1.82) is 0 Å². The number of benzene rings is 1. The van der Waals surface area contributed by atoms with Gasteiger partial charge < -0.3 is 5.32 Å². The van der Waals surface area contributed by atoms with Crippen molar-refractivity contribution in [3.63, 3.8) is 0 Å². The molecule has 0 amide bonds. The number of rotatable bonds is 1. The third kappa shape index (κ3) is 1.47. The summed E-state index contributed by atoms with van der Waals surface area (Å²) in [5.74, 6) is 0. The van der Waals surface area contributed by atoms with Gasteiger partial charge in [-0.3, -0.25) is 10.1 Å². The van der Waals surface area contributed by atoms with Crippen molar-refractivity contribution >= 4 is 17.3 Å². The van der Waals surface area contributed by atoms with Gasteiger partial charge >= 0.3 is 0 Å². The molecule has 0 bridgehead atoms. The van der Waals surface area contributed by atoms with E-state index in [2.05, 4.69) is 5.32 Å². The maximum atomic E-state index is 10.8. The van der Waals surface area contributed by atoms with Crippen LogP contribution in [0, 0.1) is 10.1 Å². The van der Waals surface area contributed by atoms with Crippen LogP contribution in [0.3, 0.4) is 0 Å². The largest absolute Gasteiger partial charge is 0.312 e. The summed E-state index contributed by atoms with van der Waals surface area (Å²) in [6.07, 6.45) is 0.673. The monoisotopic (exact) mass is 212 g/mol. The van der Waals surface area contributed by atoms with Crippen molar-refractivity contribution < 1.29 is 4.92 Å². The highest BCUT2D eigenvalue weighted by Gasteiger charge is 2.23. The minimum atomic E-state index is -0.396. The number of nitro groups is 1. The Morgan fingerprint density at radius 3 is 3.00 bits per heavy atom. The summed E-state index contributed by atoms with van der Waals surface area (Å²) < 4.78 is 0. The SMILES string of the molecule is O=[N+]([O-])c1c(Cl)ccc2c1CCNC2. The molecular formula is C9H9ClN2O2. The maximum Gasteiger partial charge on any atom is 0.291 e. The van der Waals surface area contributed by atoms with Crippen LogP contribution in [0.1, 0.15) is 11.1 Å². The molecule has 0 spiro atoms. The highest BCUT2D eigenvalue weighted by Crippen LogP contribution is 2.32. The van der Waals surface area contributed by atoms with Crippen molar-refractivity contribution in [2.45, 2.75) is 13.0 Å².